The molecule has 0 bridgehead atoms. The van der Waals surface area contributed by atoms with Gasteiger partial charge in [0, 0.05) is 7.11 Å². The molecule has 0 spiro atoms. The molecule has 2 N–H and O–H groups in total. The number of nitrogens with two attached hydrogens (primary N) is 1. The van der Waals surface area contributed by atoms with Gasteiger partial charge in [-0.15, -0.1) is 5.10 Å². The Morgan fingerprint density at radius 1 is 1.62 bits per heavy atom. The van der Waals surface area contributed by atoms with Crippen LogP contribution in [-0.4, -0.2) is 45.7 Å². The Labute approximate surface area is 120 Å². The first kappa shape index (κ1) is 16.1. The van der Waals surface area contributed by atoms with Crippen molar-refractivity contribution in [1.82, 2.24) is 15.0 Å². The Morgan fingerprint density at radius 2 is 2.29 bits per heavy atom. The first-order chi connectivity index (χ1) is 9.64. The van der Waals surface area contributed by atoms with Crippen LogP contribution in [0, 0.1) is 0 Å². The predicted octanol–water partition coefficient (Wildman–Crippen LogP) is -0.946. The van der Waals surface area contributed by atoms with Gasteiger partial charge in [-0.3, -0.25) is 4.79 Å². The van der Waals surface area contributed by atoms with Crippen molar-refractivity contribution in [3.63, 3.8) is 0 Å². The van der Waals surface area contributed by atoms with Gasteiger partial charge in [-0.25, -0.2) is 4.68 Å². The number of rotatable bonds is 5. The summed E-state index contributed by atoms with van der Waals surface area (Å²) in [5, 5.41) is 7.25. The van der Waals surface area contributed by atoms with Crippen molar-refractivity contribution in [2.45, 2.75) is 38.1 Å². The largest absolute Gasteiger partial charge is 0.777 e. The second-order valence-corrected chi connectivity index (χ2v) is 6.93. The fourth-order valence-electron chi connectivity index (χ4n) is 2.00. The van der Waals surface area contributed by atoms with Gasteiger partial charge in [-0.05, 0) is 13.8 Å². The number of aromatic nitrogens is 3. The molecule has 1 aromatic heterocycles. The summed E-state index contributed by atoms with van der Waals surface area (Å²) in [6.45, 7) is 3.20. The van der Waals surface area contributed by atoms with Crippen LogP contribution in [0.4, 0.5) is 0 Å². The van der Waals surface area contributed by atoms with Crippen LogP contribution in [0.1, 0.15) is 24.3 Å². The lowest BCUT2D eigenvalue weighted by Gasteiger charge is -2.29. The highest BCUT2D eigenvalue weighted by Crippen LogP contribution is 2.50. The van der Waals surface area contributed by atoms with Crippen molar-refractivity contribution in [3.05, 3.63) is 11.9 Å². The maximum atomic E-state index is 11.9. The van der Waals surface area contributed by atoms with E-state index in [9.17, 15) is 14.3 Å². The summed E-state index contributed by atoms with van der Waals surface area (Å²) in [6.07, 6.45) is 0.446. The van der Waals surface area contributed by atoms with Gasteiger partial charge in [-0.2, -0.15) is 0 Å². The number of carbonyl (C=O) groups excluding carboxylic acids is 1. The molecule has 2 rings (SSSR count). The Bertz CT molecular complexity index is 588. The lowest BCUT2D eigenvalue weighted by atomic mass is 10.3. The molecule has 2 heterocycles. The van der Waals surface area contributed by atoms with Gasteiger partial charge >= 0.3 is 0 Å². The quantitative estimate of drug-likeness (QED) is 0.685. The van der Waals surface area contributed by atoms with Crippen LogP contribution in [0.2, 0.25) is 0 Å². The predicted molar refractivity (Wildman–Crippen MR) is 67.0 cm³/mol. The molecule has 1 aliphatic rings. The molecule has 10 nitrogen and oxygen atoms in total. The van der Waals surface area contributed by atoms with E-state index < -0.39 is 31.2 Å². The maximum Gasteiger partial charge on any atom is 0.270 e. The van der Waals surface area contributed by atoms with Crippen molar-refractivity contribution in [2.75, 3.05) is 7.11 Å². The normalized spacial score (nSPS) is 27.4. The third-order valence-electron chi connectivity index (χ3n) is 2.88. The van der Waals surface area contributed by atoms with E-state index in [4.69, 9.17) is 15.2 Å². The zero-order valence-corrected chi connectivity index (χ0v) is 12.6. The number of nitrogens with zero attached hydrogens (tertiary/aromatic N) is 3. The summed E-state index contributed by atoms with van der Waals surface area (Å²) in [5.41, 5.74) is 5.05. The molecule has 1 fully saturated rings. The average Bonchev–Trinajstić information content (AvgIpc) is 2.94. The molecule has 1 unspecified atom stereocenters. The van der Waals surface area contributed by atoms with E-state index in [0.717, 1.165) is 7.11 Å². The number of carbonyl (C=O) groups is 1. The summed E-state index contributed by atoms with van der Waals surface area (Å²) in [7, 11) is -3.20. The number of amides is 1. The smallest absolute Gasteiger partial charge is 0.270 e. The molecule has 0 saturated carbocycles. The molecule has 0 aliphatic carbocycles. The van der Waals surface area contributed by atoms with Crippen LogP contribution >= 0.6 is 7.60 Å². The summed E-state index contributed by atoms with van der Waals surface area (Å²) >= 11 is 0. The first-order valence-electron chi connectivity index (χ1n) is 6.06. The number of ether oxygens (including phenoxy) is 2. The van der Waals surface area contributed by atoms with Gasteiger partial charge in [0.2, 0.25) is 0 Å². The van der Waals surface area contributed by atoms with Gasteiger partial charge in [0.15, 0.2) is 24.9 Å². The minimum Gasteiger partial charge on any atom is -0.777 e. The molecule has 1 aliphatic heterocycles. The summed E-state index contributed by atoms with van der Waals surface area (Å²) in [4.78, 5) is 22.8. The van der Waals surface area contributed by atoms with Crippen molar-refractivity contribution < 1.29 is 28.3 Å². The topological polar surface area (TPSA) is 142 Å². The minimum atomic E-state index is -4.26. The number of primary amides is 1. The Balaban J connectivity index is 2.19. The van der Waals surface area contributed by atoms with E-state index in [1.807, 2.05) is 0 Å². The highest BCUT2D eigenvalue weighted by atomic mass is 31.2. The zero-order valence-electron chi connectivity index (χ0n) is 11.8. The molecule has 21 heavy (non-hydrogen) atoms. The standard InChI is InChI=1S/C10H17N4O6P/c1-10(2)19-7(9(20-10)21(16,17)18-3)5-14-4-6(8(11)15)12-13-14/h4,7,9H,5H2,1-3H3,(H2,11,15)(H,16,17)/p-1/t7-,9+/m0/s1. The highest BCUT2D eigenvalue weighted by molar-refractivity contribution is 7.52. The molecule has 0 radical (unpaired) electrons. The Kier molecular flexibility index (Phi) is 4.18. The highest BCUT2D eigenvalue weighted by Gasteiger charge is 2.47. The van der Waals surface area contributed by atoms with Gasteiger partial charge in [0.25, 0.3) is 5.91 Å². The average molecular weight is 319 g/mol. The van der Waals surface area contributed by atoms with E-state index in [1.165, 1.54) is 10.9 Å². The zero-order chi connectivity index (χ0) is 15.8. The van der Waals surface area contributed by atoms with E-state index in [-0.39, 0.29) is 12.2 Å². The van der Waals surface area contributed by atoms with Gasteiger partial charge < -0.3 is 29.2 Å². The molecule has 0 aromatic carbocycles. The summed E-state index contributed by atoms with van der Waals surface area (Å²) in [5.74, 6) is -3.09. The molecular formula is C10H16N4O6P-. The second kappa shape index (κ2) is 5.47. The molecule has 1 aromatic rings. The van der Waals surface area contributed by atoms with Crippen LogP contribution in [0.15, 0.2) is 6.20 Å². The third kappa shape index (κ3) is 3.47. The fraction of sp³-hybridized carbons (Fsp3) is 0.700. The number of hydrogen-bond donors (Lipinski definition) is 1. The second-order valence-electron chi connectivity index (χ2n) is 4.98. The lowest BCUT2D eigenvalue weighted by Crippen LogP contribution is -2.32. The van der Waals surface area contributed by atoms with Crippen LogP contribution < -0.4 is 10.6 Å². The lowest BCUT2D eigenvalue weighted by molar-refractivity contribution is -0.211. The first-order valence-corrected chi connectivity index (χ1v) is 7.68. The summed E-state index contributed by atoms with van der Waals surface area (Å²) < 4.78 is 28.6. The van der Waals surface area contributed by atoms with Gasteiger partial charge in [0.1, 0.15) is 6.10 Å². The van der Waals surface area contributed by atoms with E-state index in [2.05, 4.69) is 14.8 Å². The van der Waals surface area contributed by atoms with Crippen molar-refractivity contribution in [1.29, 1.82) is 0 Å². The minimum absolute atomic E-state index is 0.0178. The van der Waals surface area contributed by atoms with Crippen LogP contribution in [-0.2, 0) is 25.1 Å². The molecule has 1 saturated heterocycles. The molecule has 118 valence electrons. The van der Waals surface area contributed by atoms with Gasteiger partial charge in [0.05, 0.1) is 12.7 Å². The summed E-state index contributed by atoms with van der Waals surface area (Å²) in [6, 6.07) is 0. The molecular weight excluding hydrogens is 303 g/mol. The van der Waals surface area contributed by atoms with Crippen molar-refractivity contribution >= 4 is 13.5 Å². The fourth-order valence-corrected chi connectivity index (χ4v) is 3.15. The van der Waals surface area contributed by atoms with Crippen molar-refractivity contribution in [2.24, 2.45) is 5.73 Å². The van der Waals surface area contributed by atoms with Crippen molar-refractivity contribution in [3.8, 4) is 0 Å². The monoisotopic (exact) mass is 319 g/mol. The maximum absolute atomic E-state index is 11.9. The SMILES string of the molecule is COP(=O)([O-])[C@H]1OC(C)(C)O[C@H]1Cn1cc(C(N)=O)nn1. The van der Waals surface area contributed by atoms with E-state index in [1.54, 1.807) is 13.8 Å². The Hall–Kier alpha value is -1.32. The van der Waals surface area contributed by atoms with Crippen LogP contribution in [0.25, 0.3) is 0 Å². The van der Waals surface area contributed by atoms with E-state index in [0.29, 0.717) is 0 Å². The number of hydrogen-bond acceptors (Lipinski definition) is 8. The van der Waals surface area contributed by atoms with Crippen LogP contribution in [0.5, 0.6) is 0 Å². The van der Waals surface area contributed by atoms with Crippen LogP contribution in [0.3, 0.4) is 0 Å². The van der Waals surface area contributed by atoms with E-state index >= 15 is 0 Å². The van der Waals surface area contributed by atoms with Gasteiger partial charge in [-0.1, -0.05) is 5.21 Å². The third-order valence-corrected chi connectivity index (χ3v) is 4.45. The molecule has 11 heteroatoms. The molecule has 1 amide bonds. The molecule has 3 atom stereocenters. The Morgan fingerprint density at radius 3 is 2.81 bits per heavy atom.